The maximum Gasteiger partial charge on any atom is 0.127 e. The van der Waals surface area contributed by atoms with Crippen molar-refractivity contribution in [2.45, 2.75) is 72.9 Å². The van der Waals surface area contributed by atoms with Crippen LogP contribution in [0.15, 0.2) is 97.1 Å². The van der Waals surface area contributed by atoms with E-state index in [0.29, 0.717) is 9.75 Å². The Morgan fingerprint density at radius 1 is 0.500 bits per heavy atom. The number of aliphatic hydroxyl groups excluding tert-OH is 8. The summed E-state index contributed by atoms with van der Waals surface area (Å²) in [5.74, 6) is -3.22. The summed E-state index contributed by atoms with van der Waals surface area (Å²) in [5, 5.41) is 85.9. The monoisotopic (exact) mass is 806 g/mol. The van der Waals surface area contributed by atoms with E-state index in [1.807, 2.05) is 60.7 Å². The van der Waals surface area contributed by atoms with Gasteiger partial charge in [0.15, 0.2) is 0 Å². The highest BCUT2D eigenvalue weighted by Gasteiger charge is 2.46. The molecular weight excluding hydrogens is 767 g/mol. The van der Waals surface area contributed by atoms with Crippen molar-refractivity contribution in [1.29, 1.82) is 0 Å². The zero-order valence-electron chi connectivity index (χ0n) is 29.5. The second kappa shape index (κ2) is 15.9. The lowest BCUT2D eigenvalue weighted by Gasteiger charge is -2.40. The summed E-state index contributed by atoms with van der Waals surface area (Å²) < 4.78 is 47.0. The van der Waals surface area contributed by atoms with Gasteiger partial charge >= 0.3 is 0 Å². The number of halogens is 2. The number of aliphatic hydroxyl groups is 8. The lowest BCUT2D eigenvalue weighted by molar-refractivity contribution is -0.231. The van der Waals surface area contributed by atoms with E-state index >= 15 is 8.78 Å². The van der Waals surface area contributed by atoms with Crippen LogP contribution in [0.2, 0.25) is 0 Å². The summed E-state index contributed by atoms with van der Waals surface area (Å²) in [5.41, 5.74) is 0.697. The first kappa shape index (κ1) is 39.1. The van der Waals surface area contributed by atoms with Gasteiger partial charge in [-0.05, 0) is 81.6 Å². The fourth-order valence-electron chi connectivity index (χ4n) is 8.01. The third kappa shape index (κ3) is 6.97. The van der Waals surface area contributed by atoms with Crippen LogP contribution in [0.3, 0.4) is 0 Å². The van der Waals surface area contributed by atoms with Crippen molar-refractivity contribution in [3.63, 3.8) is 0 Å². The normalized spacial score (nSPS) is 29.5. The number of hydrogen-bond acceptors (Lipinski definition) is 12. The Balaban J connectivity index is 1.35. The maximum absolute atomic E-state index is 16.7. The van der Waals surface area contributed by atoms with Gasteiger partial charge in [0.25, 0.3) is 0 Å². The molecule has 2 aromatic heterocycles. The Hall–Kier alpha value is -3.74. The topological polar surface area (TPSA) is 180 Å². The maximum atomic E-state index is 16.7. The molecular formula is C42H40F2O10S2. The second-order valence-electron chi connectivity index (χ2n) is 14.4. The Morgan fingerprint density at radius 2 is 0.893 bits per heavy atom. The van der Waals surface area contributed by atoms with Gasteiger partial charge in [-0.3, -0.25) is 0 Å². The Labute approximate surface area is 327 Å². The highest BCUT2D eigenvalue weighted by atomic mass is 32.1. The van der Waals surface area contributed by atoms with E-state index in [-0.39, 0.29) is 22.3 Å². The largest absolute Gasteiger partial charge is 0.394 e. The first-order valence-electron chi connectivity index (χ1n) is 18.2. The minimum absolute atomic E-state index is 0.103. The molecule has 0 aliphatic carbocycles. The zero-order chi connectivity index (χ0) is 39.4. The first-order chi connectivity index (χ1) is 27.0. The molecule has 10 nitrogen and oxygen atoms in total. The molecule has 0 saturated carbocycles. The Kier molecular flexibility index (Phi) is 11.1. The number of rotatable bonds is 9. The molecule has 0 bridgehead atoms. The summed E-state index contributed by atoms with van der Waals surface area (Å²) in [6.07, 6.45) is -14.8. The molecule has 6 aromatic rings. The number of thiophene rings is 2. The smallest absolute Gasteiger partial charge is 0.127 e. The SMILES string of the molecule is OC[C@@H]1O[C@@H](c2ccc(F)c(C(c3cc4ccccc4s3)C(c3cc4ccccc4s3)c3cc([C@@H]4O[C@H](CO)[C@@H](O)[C@H](O)[C@H]4O)ccc3F)c2)[C@@H](O)[C@H](O)[C@H]1O. The quantitative estimate of drug-likeness (QED) is 0.105. The number of fused-ring (bicyclic) bond motifs is 2. The molecule has 2 unspecified atom stereocenters. The van der Waals surface area contributed by atoms with Gasteiger partial charge in [0.05, 0.1) is 13.2 Å². The van der Waals surface area contributed by atoms with Crippen molar-refractivity contribution in [2.24, 2.45) is 0 Å². The van der Waals surface area contributed by atoms with Gasteiger partial charge in [-0.25, -0.2) is 8.78 Å². The molecule has 2 aliphatic heterocycles. The van der Waals surface area contributed by atoms with Gasteiger partial charge in [-0.1, -0.05) is 48.5 Å². The lowest BCUT2D eigenvalue weighted by atomic mass is 9.77. The van der Waals surface area contributed by atoms with E-state index in [1.165, 1.54) is 59.1 Å². The number of hydrogen-bond donors (Lipinski definition) is 8. The van der Waals surface area contributed by atoms with Crippen molar-refractivity contribution in [3.05, 3.63) is 141 Å². The molecule has 2 fully saturated rings. The average molecular weight is 807 g/mol. The minimum atomic E-state index is -1.68. The fraction of sp³-hybridized carbons (Fsp3) is 0.333. The van der Waals surface area contributed by atoms with Crippen LogP contribution in [0.1, 0.15) is 56.1 Å². The van der Waals surface area contributed by atoms with E-state index in [0.717, 1.165) is 20.2 Å². The Bertz CT molecular complexity index is 2100. The van der Waals surface area contributed by atoms with Crippen molar-refractivity contribution < 1.29 is 59.1 Å². The van der Waals surface area contributed by atoms with Crippen LogP contribution >= 0.6 is 22.7 Å². The van der Waals surface area contributed by atoms with Gasteiger partial charge in [0, 0.05) is 31.0 Å². The van der Waals surface area contributed by atoms with Crippen molar-refractivity contribution >= 4 is 42.8 Å². The van der Waals surface area contributed by atoms with E-state index < -0.39 is 97.7 Å². The van der Waals surface area contributed by atoms with Crippen LogP contribution in [0.25, 0.3) is 20.2 Å². The van der Waals surface area contributed by atoms with Gasteiger partial charge in [-0.15, -0.1) is 22.7 Å². The van der Waals surface area contributed by atoms with Crippen molar-refractivity contribution in [3.8, 4) is 0 Å². The molecule has 2 saturated heterocycles. The standard InChI is InChI=1S/C42H40F2O10S2/c43-25-11-9-21(41-39(51)37(49)35(47)27(17-45)53-41)13-23(25)33(31-15-19-5-1-3-7-29(19)55-31)34(32-16-20-6-2-4-8-30(20)56-32)24-14-22(10-12-26(24)44)42-40(52)38(50)36(48)28(18-46)54-42/h1-16,27-28,33-42,45-52H,17-18H2/t27-,28+,33?,34?,35-,36+,37+,38-,39-,40+,41-,42-/m0/s1. The van der Waals surface area contributed by atoms with Crippen LogP contribution < -0.4 is 0 Å². The third-order valence-corrected chi connectivity index (χ3v) is 13.4. The predicted molar refractivity (Wildman–Crippen MR) is 206 cm³/mol. The van der Waals surface area contributed by atoms with Gasteiger partial charge in [-0.2, -0.15) is 0 Å². The summed E-state index contributed by atoms with van der Waals surface area (Å²) in [7, 11) is 0. The van der Waals surface area contributed by atoms with Crippen LogP contribution in [-0.2, 0) is 9.47 Å². The van der Waals surface area contributed by atoms with E-state index in [9.17, 15) is 40.9 Å². The fourth-order valence-corrected chi connectivity index (χ4v) is 10.5. The molecule has 294 valence electrons. The Morgan fingerprint density at radius 3 is 1.27 bits per heavy atom. The van der Waals surface area contributed by atoms with Crippen LogP contribution in [0.4, 0.5) is 8.78 Å². The zero-order valence-corrected chi connectivity index (χ0v) is 31.2. The minimum Gasteiger partial charge on any atom is -0.394 e. The molecule has 8 rings (SSSR count). The van der Waals surface area contributed by atoms with Crippen molar-refractivity contribution in [2.75, 3.05) is 13.2 Å². The van der Waals surface area contributed by atoms with E-state index in [2.05, 4.69) is 0 Å². The molecule has 0 radical (unpaired) electrons. The average Bonchev–Trinajstić information content (AvgIpc) is 3.84. The molecule has 8 N–H and O–H groups in total. The molecule has 4 aromatic carbocycles. The summed E-state index contributed by atoms with van der Waals surface area (Å²) >= 11 is 2.80. The molecule has 0 amide bonds. The van der Waals surface area contributed by atoms with Crippen LogP contribution in [0, 0.1) is 11.6 Å². The van der Waals surface area contributed by atoms with E-state index in [4.69, 9.17) is 9.47 Å². The molecule has 14 heteroatoms. The highest BCUT2D eigenvalue weighted by molar-refractivity contribution is 7.19. The second-order valence-corrected chi connectivity index (χ2v) is 16.6. The van der Waals surface area contributed by atoms with Gasteiger partial charge < -0.3 is 50.3 Å². The van der Waals surface area contributed by atoms with E-state index in [1.54, 1.807) is 0 Å². The molecule has 0 spiro atoms. The lowest BCUT2D eigenvalue weighted by Crippen LogP contribution is -2.55. The predicted octanol–water partition coefficient (Wildman–Crippen LogP) is 4.39. The summed E-state index contributed by atoms with van der Waals surface area (Å²) in [6, 6.07) is 27.2. The highest BCUT2D eigenvalue weighted by Crippen LogP contribution is 2.51. The summed E-state index contributed by atoms with van der Waals surface area (Å²) in [6.45, 7) is -1.31. The van der Waals surface area contributed by atoms with Gasteiger partial charge in [0.2, 0.25) is 0 Å². The molecule has 4 heterocycles. The molecule has 2 aliphatic rings. The third-order valence-electron chi connectivity index (χ3n) is 11.0. The van der Waals surface area contributed by atoms with Crippen LogP contribution in [0.5, 0.6) is 0 Å². The molecule has 56 heavy (non-hydrogen) atoms. The first-order valence-corrected chi connectivity index (χ1v) is 19.8. The number of benzene rings is 4. The molecule has 12 atom stereocenters. The van der Waals surface area contributed by atoms with Gasteiger partial charge in [0.1, 0.15) is 72.7 Å². The summed E-state index contributed by atoms with van der Waals surface area (Å²) in [4.78, 5) is 1.33. The van der Waals surface area contributed by atoms with Crippen LogP contribution in [-0.4, -0.2) is 103 Å². The number of ether oxygens (including phenoxy) is 2. The van der Waals surface area contributed by atoms with Crippen molar-refractivity contribution in [1.82, 2.24) is 0 Å².